The summed E-state index contributed by atoms with van der Waals surface area (Å²) in [7, 11) is 0. The first-order valence-electron chi connectivity index (χ1n) is 9.75. The highest BCUT2D eigenvalue weighted by Crippen LogP contribution is 2.30. The predicted molar refractivity (Wildman–Crippen MR) is 108 cm³/mol. The number of Topliss-reactive ketones (excluding diaryl/α,β-unsaturated/α-hetero) is 1. The summed E-state index contributed by atoms with van der Waals surface area (Å²) in [6.45, 7) is 3.68. The molecule has 0 fully saturated rings. The number of aryl methyl sites for hydroxylation is 3. The van der Waals surface area contributed by atoms with E-state index in [-0.39, 0.29) is 22.8 Å². The van der Waals surface area contributed by atoms with E-state index in [2.05, 4.69) is 10.1 Å². The number of hydrogen-bond acceptors (Lipinski definition) is 5. The van der Waals surface area contributed by atoms with Crippen molar-refractivity contribution in [1.82, 2.24) is 19.6 Å². The summed E-state index contributed by atoms with van der Waals surface area (Å²) in [5.41, 5.74) is 4.14. The highest BCUT2D eigenvalue weighted by Gasteiger charge is 2.26. The van der Waals surface area contributed by atoms with E-state index in [1.165, 1.54) is 4.52 Å². The van der Waals surface area contributed by atoms with Crippen molar-refractivity contribution in [2.45, 2.75) is 39.5 Å². The van der Waals surface area contributed by atoms with E-state index in [1.54, 1.807) is 6.92 Å². The number of carbonyl (C=O) groups excluding carboxylic acids is 1. The summed E-state index contributed by atoms with van der Waals surface area (Å²) in [6.07, 6.45) is 2.83. The Morgan fingerprint density at radius 1 is 1.00 bits per heavy atom. The molecule has 0 amide bonds. The van der Waals surface area contributed by atoms with E-state index in [1.807, 2.05) is 37.3 Å². The van der Waals surface area contributed by atoms with E-state index in [0.29, 0.717) is 35.6 Å². The Morgan fingerprint density at radius 3 is 2.55 bits per heavy atom. The van der Waals surface area contributed by atoms with E-state index in [4.69, 9.17) is 9.40 Å². The summed E-state index contributed by atoms with van der Waals surface area (Å²) < 4.78 is 7.30. The minimum absolute atomic E-state index is 0.0265. The number of nitrogens with zero attached hydrogens (tertiary/aromatic N) is 3. The third-order valence-corrected chi connectivity index (χ3v) is 5.44. The average Bonchev–Trinajstić information content (AvgIpc) is 3.22. The zero-order valence-electron chi connectivity index (χ0n) is 16.3. The van der Waals surface area contributed by atoms with Crippen LogP contribution in [0.3, 0.4) is 0 Å². The number of ketones is 1. The second-order valence-electron chi connectivity index (χ2n) is 7.44. The number of H-pyrrole nitrogens is 1. The number of rotatable bonds is 2. The lowest BCUT2D eigenvalue weighted by Crippen LogP contribution is -2.19. The standard InChI is InChI=1S/C22H20N4O3/c1-12-18(21-24-19-15(27)10-6-7-11-16(19)29-21)22(28)26-20(23-12)17(13(2)25-26)14-8-4-3-5-9-14/h3-5,8-9,25H,6-7,10-11H2,1-2H3. The SMILES string of the molecule is Cc1nc2c(-c3ccccc3)c(C)[nH]n2c(=O)c1-c1nc2c(o1)CCCCC2=O. The van der Waals surface area contributed by atoms with Crippen LogP contribution in [0.25, 0.3) is 28.2 Å². The van der Waals surface area contributed by atoms with Gasteiger partial charge in [0.15, 0.2) is 11.4 Å². The molecule has 5 rings (SSSR count). The first-order chi connectivity index (χ1) is 14.0. The molecule has 1 N–H and O–H groups in total. The second-order valence-corrected chi connectivity index (χ2v) is 7.44. The van der Waals surface area contributed by atoms with Crippen LogP contribution < -0.4 is 5.56 Å². The zero-order chi connectivity index (χ0) is 20.1. The van der Waals surface area contributed by atoms with Crippen molar-refractivity contribution in [2.75, 3.05) is 0 Å². The van der Waals surface area contributed by atoms with Crippen LogP contribution >= 0.6 is 0 Å². The van der Waals surface area contributed by atoms with Crippen LogP contribution in [-0.2, 0) is 6.42 Å². The van der Waals surface area contributed by atoms with Gasteiger partial charge in [0.25, 0.3) is 5.56 Å². The molecule has 1 aliphatic carbocycles. The van der Waals surface area contributed by atoms with Gasteiger partial charge in [0.1, 0.15) is 17.0 Å². The molecular weight excluding hydrogens is 368 g/mol. The molecule has 0 radical (unpaired) electrons. The Balaban J connectivity index is 1.73. The Hall–Kier alpha value is -3.48. The van der Waals surface area contributed by atoms with Gasteiger partial charge in [-0.2, -0.15) is 0 Å². The maximum atomic E-state index is 13.3. The van der Waals surface area contributed by atoms with E-state index in [9.17, 15) is 9.59 Å². The van der Waals surface area contributed by atoms with Gasteiger partial charge < -0.3 is 4.42 Å². The summed E-state index contributed by atoms with van der Waals surface area (Å²) >= 11 is 0. The molecule has 29 heavy (non-hydrogen) atoms. The maximum Gasteiger partial charge on any atom is 0.285 e. The number of hydrogen-bond donors (Lipinski definition) is 1. The Kier molecular flexibility index (Phi) is 3.97. The van der Waals surface area contributed by atoms with Gasteiger partial charge in [0, 0.05) is 24.1 Å². The van der Waals surface area contributed by atoms with Gasteiger partial charge in [-0.15, -0.1) is 0 Å². The molecular formula is C22H20N4O3. The van der Waals surface area contributed by atoms with E-state index in [0.717, 1.165) is 29.7 Å². The number of oxazole rings is 1. The van der Waals surface area contributed by atoms with Gasteiger partial charge in [-0.1, -0.05) is 30.3 Å². The van der Waals surface area contributed by atoms with Crippen molar-refractivity contribution in [1.29, 1.82) is 0 Å². The molecule has 0 aliphatic heterocycles. The predicted octanol–water partition coefficient (Wildman–Crippen LogP) is 3.87. The first-order valence-corrected chi connectivity index (χ1v) is 9.75. The summed E-state index contributed by atoms with van der Waals surface area (Å²) in [5, 5.41) is 3.12. The zero-order valence-corrected chi connectivity index (χ0v) is 16.3. The van der Waals surface area contributed by atoms with Gasteiger partial charge in [-0.05, 0) is 32.3 Å². The molecule has 0 atom stereocenters. The van der Waals surface area contributed by atoms with Crippen molar-refractivity contribution in [3.8, 4) is 22.6 Å². The molecule has 3 aromatic heterocycles. The fourth-order valence-electron chi connectivity index (χ4n) is 4.02. The van der Waals surface area contributed by atoms with Crippen molar-refractivity contribution in [3.05, 3.63) is 63.5 Å². The first kappa shape index (κ1) is 17.6. The second kappa shape index (κ2) is 6.55. The van der Waals surface area contributed by atoms with Crippen molar-refractivity contribution < 1.29 is 9.21 Å². The number of aromatic amines is 1. The highest BCUT2D eigenvalue weighted by molar-refractivity contribution is 5.96. The van der Waals surface area contributed by atoms with Crippen LogP contribution in [0.1, 0.15) is 46.9 Å². The maximum absolute atomic E-state index is 13.3. The topological polar surface area (TPSA) is 93.3 Å². The Bertz CT molecular complexity index is 1310. The highest BCUT2D eigenvalue weighted by atomic mass is 16.4. The largest absolute Gasteiger partial charge is 0.440 e. The summed E-state index contributed by atoms with van der Waals surface area (Å²) in [6, 6.07) is 9.83. The van der Waals surface area contributed by atoms with Crippen LogP contribution in [0.4, 0.5) is 0 Å². The molecule has 1 aromatic carbocycles. The number of carbonyl (C=O) groups is 1. The molecule has 0 spiro atoms. The minimum atomic E-state index is -0.290. The smallest absolute Gasteiger partial charge is 0.285 e. The van der Waals surface area contributed by atoms with Crippen LogP contribution in [0, 0.1) is 13.8 Å². The normalized spacial score (nSPS) is 14.2. The molecule has 0 bridgehead atoms. The lowest BCUT2D eigenvalue weighted by molar-refractivity contribution is 0.0977. The number of aromatic nitrogens is 4. The molecule has 4 aromatic rings. The van der Waals surface area contributed by atoms with Crippen molar-refractivity contribution >= 4 is 11.4 Å². The van der Waals surface area contributed by atoms with Gasteiger partial charge in [-0.25, -0.2) is 14.5 Å². The fourth-order valence-corrected chi connectivity index (χ4v) is 4.02. The van der Waals surface area contributed by atoms with Gasteiger partial charge in [0.2, 0.25) is 5.89 Å². The number of benzene rings is 1. The van der Waals surface area contributed by atoms with Gasteiger partial charge >= 0.3 is 0 Å². The molecule has 0 saturated heterocycles. The Labute approximate surface area is 166 Å². The molecule has 0 unspecified atom stereocenters. The number of nitrogens with one attached hydrogen (secondary N) is 1. The average molecular weight is 388 g/mol. The van der Waals surface area contributed by atoms with Crippen LogP contribution in [0.2, 0.25) is 0 Å². The summed E-state index contributed by atoms with van der Waals surface area (Å²) in [5.74, 6) is 0.712. The summed E-state index contributed by atoms with van der Waals surface area (Å²) in [4.78, 5) is 34.7. The van der Waals surface area contributed by atoms with Crippen molar-refractivity contribution in [3.63, 3.8) is 0 Å². The third kappa shape index (κ3) is 2.73. The van der Waals surface area contributed by atoms with E-state index < -0.39 is 0 Å². The van der Waals surface area contributed by atoms with E-state index >= 15 is 0 Å². The van der Waals surface area contributed by atoms with Gasteiger partial charge in [-0.3, -0.25) is 14.7 Å². The molecule has 3 heterocycles. The molecule has 0 saturated carbocycles. The molecule has 1 aliphatic rings. The molecule has 7 heteroatoms. The quantitative estimate of drug-likeness (QED) is 0.526. The van der Waals surface area contributed by atoms with Crippen LogP contribution in [0.15, 0.2) is 39.5 Å². The number of fused-ring (bicyclic) bond motifs is 2. The van der Waals surface area contributed by atoms with Crippen molar-refractivity contribution in [2.24, 2.45) is 0 Å². The third-order valence-electron chi connectivity index (χ3n) is 5.44. The van der Waals surface area contributed by atoms with Crippen LogP contribution in [0.5, 0.6) is 0 Å². The monoisotopic (exact) mass is 388 g/mol. The lowest BCUT2D eigenvalue weighted by atomic mass is 10.1. The molecule has 146 valence electrons. The van der Waals surface area contributed by atoms with Crippen LogP contribution in [-0.4, -0.2) is 25.4 Å². The fraction of sp³-hybridized carbons (Fsp3) is 0.273. The minimum Gasteiger partial charge on any atom is -0.440 e. The lowest BCUT2D eigenvalue weighted by Gasteiger charge is -2.04. The Morgan fingerprint density at radius 2 is 1.76 bits per heavy atom. The van der Waals surface area contributed by atoms with Gasteiger partial charge in [0.05, 0.1) is 5.69 Å². The molecule has 7 nitrogen and oxygen atoms in total.